The fraction of sp³-hybridized carbons (Fsp3) is 0.562. The van der Waals surface area contributed by atoms with Crippen LogP contribution in [-0.4, -0.2) is 10.5 Å². The molecule has 1 aromatic carbocycles. The summed E-state index contributed by atoms with van der Waals surface area (Å²) in [7, 11) is 0. The Morgan fingerprint density at radius 1 is 1.17 bits per heavy atom. The van der Waals surface area contributed by atoms with Crippen LogP contribution in [0.3, 0.4) is 0 Å². The Morgan fingerprint density at radius 3 is 2.39 bits per heavy atom. The van der Waals surface area contributed by atoms with Gasteiger partial charge in [0.25, 0.3) is 0 Å². The first-order valence-electron chi connectivity index (χ1n) is 6.83. The number of hydrogen-bond donors (Lipinski definition) is 0. The molecule has 1 rings (SSSR count). The number of Topliss-reactive ketones (excluding diaryl/α,β-unsaturated/α-hetero) is 1. The van der Waals surface area contributed by atoms with E-state index in [0.717, 1.165) is 12.8 Å². The summed E-state index contributed by atoms with van der Waals surface area (Å²) in [6, 6.07) is 10.2. The lowest BCUT2D eigenvalue weighted by molar-refractivity contribution is -0.119. The first kappa shape index (κ1) is 15.3. The minimum atomic E-state index is -0.269. The lowest BCUT2D eigenvalue weighted by Crippen LogP contribution is -2.29. The fourth-order valence-corrected chi connectivity index (χ4v) is 3.14. The van der Waals surface area contributed by atoms with Crippen molar-refractivity contribution in [3.05, 3.63) is 30.3 Å². The molecule has 0 aliphatic heterocycles. The highest BCUT2D eigenvalue weighted by Crippen LogP contribution is 2.37. The van der Waals surface area contributed by atoms with Crippen LogP contribution in [-0.2, 0) is 4.79 Å². The smallest absolute Gasteiger partial charge is 0.145 e. The molecule has 0 fully saturated rings. The second kappa shape index (κ2) is 7.63. The number of ketones is 1. The lowest BCUT2D eigenvalue weighted by atomic mass is 9.98. The van der Waals surface area contributed by atoms with Crippen molar-refractivity contribution in [1.29, 1.82) is 0 Å². The van der Waals surface area contributed by atoms with Gasteiger partial charge in [-0.25, -0.2) is 0 Å². The Labute approximate surface area is 115 Å². The molecule has 1 aromatic rings. The van der Waals surface area contributed by atoms with Crippen molar-refractivity contribution in [2.75, 3.05) is 0 Å². The van der Waals surface area contributed by atoms with Gasteiger partial charge in [-0.15, -0.1) is 11.8 Å². The second-order valence-electron chi connectivity index (χ2n) is 5.01. The van der Waals surface area contributed by atoms with Crippen LogP contribution in [0.4, 0.5) is 0 Å². The molecule has 2 heteroatoms. The zero-order valence-corrected chi connectivity index (χ0v) is 12.6. The van der Waals surface area contributed by atoms with Crippen LogP contribution in [0.5, 0.6) is 0 Å². The standard InChI is InChI=1S/C16H24OS/c1-4-5-6-10-13-16(3,14(2)17)18-15-11-8-7-9-12-15/h7-9,11-12H,4-6,10,13H2,1-3H3/t16-/m1/s1. The van der Waals surface area contributed by atoms with Gasteiger partial charge >= 0.3 is 0 Å². The summed E-state index contributed by atoms with van der Waals surface area (Å²) < 4.78 is -0.269. The van der Waals surface area contributed by atoms with Crippen LogP contribution in [0.1, 0.15) is 52.9 Å². The van der Waals surface area contributed by atoms with Gasteiger partial charge in [0.15, 0.2) is 0 Å². The van der Waals surface area contributed by atoms with E-state index in [0.29, 0.717) is 0 Å². The van der Waals surface area contributed by atoms with Crippen molar-refractivity contribution < 1.29 is 4.79 Å². The van der Waals surface area contributed by atoms with Crippen LogP contribution in [0.25, 0.3) is 0 Å². The maximum Gasteiger partial charge on any atom is 0.145 e. The number of unbranched alkanes of at least 4 members (excludes halogenated alkanes) is 3. The van der Waals surface area contributed by atoms with Crippen molar-refractivity contribution in [3.63, 3.8) is 0 Å². The summed E-state index contributed by atoms with van der Waals surface area (Å²) in [4.78, 5) is 13.1. The maximum absolute atomic E-state index is 11.9. The molecular formula is C16H24OS. The highest BCUT2D eigenvalue weighted by Gasteiger charge is 2.30. The molecule has 0 aromatic heterocycles. The summed E-state index contributed by atoms with van der Waals surface area (Å²) >= 11 is 1.71. The zero-order chi connectivity index (χ0) is 13.4. The third-order valence-electron chi connectivity index (χ3n) is 3.34. The largest absolute Gasteiger partial charge is 0.298 e. The highest BCUT2D eigenvalue weighted by molar-refractivity contribution is 8.01. The van der Waals surface area contributed by atoms with E-state index in [-0.39, 0.29) is 10.5 Å². The predicted octanol–water partition coefficient (Wildman–Crippen LogP) is 5.10. The van der Waals surface area contributed by atoms with E-state index in [4.69, 9.17) is 0 Å². The van der Waals surface area contributed by atoms with E-state index in [1.165, 1.54) is 24.2 Å². The normalized spacial score (nSPS) is 14.2. The van der Waals surface area contributed by atoms with Gasteiger partial charge < -0.3 is 0 Å². The second-order valence-corrected chi connectivity index (χ2v) is 6.59. The quantitative estimate of drug-likeness (QED) is 0.480. The van der Waals surface area contributed by atoms with E-state index >= 15 is 0 Å². The van der Waals surface area contributed by atoms with Crippen LogP contribution in [0.15, 0.2) is 35.2 Å². The molecule has 0 N–H and O–H groups in total. The van der Waals surface area contributed by atoms with Crippen LogP contribution >= 0.6 is 11.8 Å². The van der Waals surface area contributed by atoms with Crippen molar-refractivity contribution in [2.45, 2.75) is 62.5 Å². The average Bonchev–Trinajstić information content (AvgIpc) is 2.36. The average molecular weight is 264 g/mol. The fourth-order valence-electron chi connectivity index (χ4n) is 1.94. The van der Waals surface area contributed by atoms with E-state index in [1.807, 2.05) is 18.2 Å². The number of thioether (sulfide) groups is 1. The van der Waals surface area contributed by atoms with Gasteiger partial charge in [-0.2, -0.15) is 0 Å². The van der Waals surface area contributed by atoms with Gasteiger partial charge in [-0.1, -0.05) is 50.8 Å². The van der Waals surface area contributed by atoms with Crippen molar-refractivity contribution in [1.82, 2.24) is 0 Å². The Morgan fingerprint density at radius 2 is 1.83 bits per heavy atom. The molecule has 0 unspecified atom stereocenters. The van der Waals surface area contributed by atoms with Crippen molar-refractivity contribution in [3.8, 4) is 0 Å². The summed E-state index contributed by atoms with van der Waals surface area (Å²) in [6.07, 6.45) is 5.85. The van der Waals surface area contributed by atoms with Gasteiger partial charge in [0.2, 0.25) is 0 Å². The first-order chi connectivity index (χ1) is 8.58. The van der Waals surface area contributed by atoms with E-state index in [9.17, 15) is 4.79 Å². The number of carbonyl (C=O) groups excluding carboxylic acids is 1. The van der Waals surface area contributed by atoms with Crippen molar-refractivity contribution in [2.24, 2.45) is 0 Å². The SMILES string of the molecule is CCCCCC[C@@](C)(Sc1ccccc1)C(C)=O. The molecule has 100 valence electrons. The van der Waals surface area contributed by atoms with Gasteiger partial charge in [-0.3, -0.25) is 4.79 Å². The van der Waals surface area contributed by atoms with Gasteiger partial charge in [0, 0.05) is 4.90 Å². The lowest BCUT2D eigenvalue weighted by Gasteiger charge is -2.26. The predicted molar refractivity (Wildman–Crippen MR) is 80.1 cm³/mol. The summed E-state index contributed by atoms with van der Waals surface area (Å²) in [5.41, 5.74) is 0. The minimum absolute atomic E-state index is 0.269. The maximum atomic E-state index is 11.9. The van der Waals surface area contributed by atoms with E-state index in [2.05, 4.69) is 26.0 Å². The van der Waals surface area contributed by atoms with Crippen molar-refractivity contribution >= 4 is 17.5 Å². The van der Waals surface area contributed by atoms with Gasteiger partial charge in [-0.05, 0) is 32.4 Å². The third kappa shape index (κ3) is 4.85. The molecular weight excluding hydrogens is 240 g/mol. The molecule has 0 saturated heterocycles. The molecule has 0 heterocycles. The molecule has 0 radical (unpaired) electrons. The topological polar surface area (TPSA) is 17.1 Å². The molecule has 0 saturated carbocycles. The number of carbonyl (C=O) groups is 1. The summed E-state index contributed by atoms with van der Waals surface area (Å²) in [5.74, 6) is 0.285. The monoisotopic (exact) mass is 264 g/mol. The molecule has 0 spiro atoms. The minimum Gasteiger partial charge on any atom is -0.298 e. The Hall–Kier alpha value is -0.760. The highest BCUT2D eigenvalue weighted by atomic mass is 32.2. The number of rotatable bonds is 8. The molecule has 0 amide bonds. The van der Waals surface area contributed by atoms with Crippen LogP contribution in [0.2, 0.25) is 0 Å². The zero-order valence-electron chi connectivity index (χ0n) is 11.7. The first-order valence-corrected chi connectivity index (χ1v) is 7.65. The van der Waals surface area contributed by atoms with E-state index < -0.39 is 0 Å². The van der Waals surface area contributed by atoms with Gasteiger partial charge in [0.1, 0.15) is 5.78 Å². The van der Waals surface area contributed by atoms with Gasteiger partial charge in [0.05, 0.1) is 4.75 Å². The van der Waals surface area contributed by atoms with E-state index in [1.54, 1.807) is 18.7 Å². The summed E-state index contributed by atoms with van der Waals surface area (Å²) in [6.45, 7) is 6.01. The molecule has 1 atom stereocenters. The molecule has 0 aliphatic carbocycles. The molecule has 1 nitrogen and oxygen atoms in total. The molecule has 0 bridgehead atoms. The third-order valence-corrected chi connectivity index (χ3v) is 4.79. The summed E-state index contributed by atoms with van der Waals surface area (Å²) in [5, 5.41) is 0. The van der Waals surface area contributed by atoms with Crippen LogP contribution < -0.4 is 0 Å². The molecule has 18 heavy (non-hydrogen) atoms. The molecule has 0 aliphatic rings. The Balaban J connectivity index is 2.60. The Bertz CT molecular complexity index is 361. The number of benzene rings is 1. The van der Waals surface area contributed by atoms with Crippen LogP contribution in [0, 0.1) is 0 Å². The number of hydrogen-bond acceptors (Lipinski definition) is 2. The Kier molecular flexibility index (Phi) is 6.48.